The standard InChI is InChI=1S/C14H20N4O2/c1-11-15-6-7-17(11)8-9-18-10-12(19)16-14(13(18)20)4-2-3-5-14/h6-7H,2-5,8-10H2,1H3,(H,16,19). The van der Waals surface area contributed by atoms with Gasteiger partial charge in [0, 0.05) is 25.5 Å². The minimum Gasteiger partial charge on any atom is -0.340 e. The van der Waals surface area contributed by atoms with Crippen molar-refractivity contribution in [2.45, 2.75) is 44.7 Å². The van der Waals surface area contributed by atoms with Crippen molar-refractivity contribution in [3.05, 3.63) is 18.2 Å². The highest BCUT2D eigenvalue weighted by Crippen LogP contribution is 2.33. The molecule has 0 radical (unpaired) electrons. The van der Waals surface area contributed by atoms with Gasteiger partial charge < -0.3 is 14.8 Å². The van der Waals surface area contributed by atoms with Gasteiger partial charge in [-0.2, -0.15) is 0 Å². The van der Waals surface area contributed by atoms with Crippen LogP contribution in [0.2, 0.25) is 0 Å². The number of imidazole rings is 1. The third-order valence-electron chi connectivity index (χ3n) is 4.40. The van der Waals surface area contributed by atoms with Crippen LogP contribution in [0.5, 0.6) is 0 Å². The Hall–Kier alpha value is -1.85. The molecule has 6 heteroatoms. The van der Waals surface area contributed by atoms with Crippen LogP contribution in [0.4, 0.5) is 0 Å². The molecule has 0 atom stereocenters. The Bertz CT molecular complexity index is 531. The Morgan fingerprint density at radius 1 is 1.30 bits per heavy atom. The van der Waals surface area contributed by atoms with Gasteiger partial charge in [-0.1, -0.05) is 12.8 Å². The second-order valence-electron chi connectivity index (χ2n) is 5.73. The van der Waals surface area contributed by atoms with E-state index in [0.717, 1.165) is 31.5 Å². The molecule has 108 valence electrons. The van der Waals surface area contributed by atoms with Crippen molar-refractivity contribution in [2.75, 3.05) is 13.1 Å². The van der Waals surface area contributed by atoms with Crippen LogP contribution >= 0.6 is 0 Å². The average molecular weight is 276 g/mol. The molecule has 1 aliphatic carbocycles. The number of hydrogen-bond donors (Lipinski definition) is 1. The molecule has 1 saturated carbocycles. The molecule has 3 rings (SSSR count). The summed E-state index contributed by atoms with van der Waals surface area (Å²) in [6, 6.07) is 0. The van der Waals surface area contributed by atoms with Gasteiger partial charge in [-0.05, 0) is 19.8 Å². The van der Waals surface area contributed by atoms with Gasteiger partial charge in [-0.3, -0.25) is 9.59 Å². The van der Waals surface area contributed by atoms with E-state index in [1.165, 1.54) is 0 Å². The van der Waals surface area contributed by atoms with E-state index in [2.05, 4.69) is 10.3 Å². The van der Waals surface area contributed by atoms with Crippen molar-refractivity contribution in [3.8, 4) is 0 Å². The first kappa shape index (κ1) is 13.1. The first-order valence-electron chi connectivity index (χ1n) is 7.19. The number of nitrogens with zero attached hydrogens (tertiary/aromatic N) is 3. The molecule has 1 saturated heterocycles. The predicted octanol–water partition coefficient (Wildman–Crippen LogP) is 0.463. The number of piperazine rings is 1. The SMILES string of the molecule is Cc1nccn1CCN1CC(=O)NC2(CCCC2)C1=O. The normalized spacial score (nSPS) is 21.6. The number of aromatic nitrogens is 2. The molecule has 1 aromatic heterocycles. The van der Waals surface area contributed by atoms with Crippen molar-refractivity contribution >= 4 is 11.8 Å². The lowest BCUT2D eigenvalue weighted by Gasteiger charge is -2.39. The summed E-state index contributed by atoms with van der Waals surface area (Å²) in [5, 5.41) is 2.93. The molecule has 2 fully saturated rings. The number of nitrogens with one attached hydrogen (secondary N) is 1. The van der Waals surface area contributed by atoms with Gasteiger partial charge in [-0.25, -0.2) is 4.98 Å². The molecule has 1 N–H and O–H groups in total. The summed E-state index contributed by atoms with van der Waals surface area (Å²) in [5.74, 6) is 0.982. The third-order valence-corrected chi connectivity index (χ3v) is 4.40. The fourth-order valence-electron chi connectivity index (χ4n) is 3.27. The van der Waals surface area contributed by atoms with E-state index >= 15 is 0 Å². The predicted molar refractivity (Wildman–Crippen MR) is 72.9 cm³/mol. The topological polar surface area (TPSA) is 67.2 Å². The van der Waals surface area contributed by atoms with Crippen molar-refractivity contribution in [1.82, 2.24) is 19.8 Å². The molecule has 0 bridgehead atoms. The summed E-state index contributed by atoms with van der Waals surface area (Å²) >= 11 is 0. The van der Waals surface area contributed by atoms with Crippen LogP contribution in [-0.2, 0) is 16.1 Å². The molecule has 1 aliphatic heterocycles. The lowest BCUT2D eigenvalue weighted by atomic mass is 9.93. The molecule has 1 spiro atoms. The summed E-state index contributed by atoms with van der Waals surface area (Å²) in [6.45, 7) is 3.35. The first-order valence-corrected chi connectivity index (χ1v) is 7.19. The van der Waals surface area contributed by atoms with Gasteiger partial charge in [0.25, 0.3) is 0 Å². The van der Waals surface area contributed by atoms with Gasteiger partial charge in [0.1, 0.15) is 11.4 Å². The molecule has 2 aliphatic rings. The van der Waals surface area contributed by atoms with E-state index in [1.807, 2.05) is 17.7 Å². The molecule has 0 unspecified atom stereocenters. The lowest BCUT2D eigenvalue weighted by molar-refractivity contribution is -0.149. The van der Waals surface area contributed by atoms with Gasteiger partial charge in [0.05, 0.1) is 6.54 Å². The molecular weight excluding hydrogens is 256 g/mol. The largest absolute Gasteiger partial charge is 0.340 e. The number of rotatable bonds is 3. The van der Waals surface area contributed by atoms with Crippen LogP contribution in [0.25, 0.3) is 0 Å². The maximum atomic E-state index is 12.6. The quantitative estimate of drug-likeness (QED) is 0.872. The van der Waals surface area contributed by atoms with E-state index in [0.29, 0.717) is 13.1 Å². The zero-order valence-electron chi connectivity index (χ0n) is 11.8. The molecule has 20 heavy (non-hydrogen) atoms. The Morgan fingerprint density at radius 2 is 2.05 bits per heavy atom. The smallest absolute Gasteiger partial charge is 0.248 e. The second kappa shape index (κ2) is 4.92. The minimum atomic E-state index is -0.612. The van der Waals surface area contributed by atoms with E-state index in [1.54, 1.807) is 11.1 Å². The van der Waals surface area contributed by atoms with Crippen molar-refractivity contribution in [2.24, 2.45) is 0 Å². The summed E-state index contributed by atoms with van der Waals surface area (Å²) in [5.41, 5.74) is -0.612. The van der Waals surface area contributed by atoms with Gasteiger partial charge in [0.15, 0.2) is 0 Å². The maximum absolute atomic E-state index is 12.6. The molecule has 1 aromatic rings. The summed E-state index contributed by atoms with van der Waals surface area (Å²) in [6.07, 6.45) is 7.23. The first-order chi connectivity index (χ1) is 9.61. The van der Waals surface area contributed by atoms with Gasteiger partial charge in [-0.15, -0.1) is 0 Å². The van der Waals surface area contributed by atoms with Crippen LogP contribution in [0.1, 0.15) is 31.5 Å². The fraction of sp³-hybridized carbons (Fsp3) is 0.643. The van der Waals surface area contributed by atoms with Crippen LogP contribution in [0.15, 0.2) is 12.4 Å². The van der Waals surface area contributed by atoms with Crippen LogP contribution < -0.4 is 5.32 Å². The highest BCUT2D eigenvalue weighted by atomic mass is 16.2. The fourth-order valence-corrected chi connectivity index (χ4v) is 3.27. The number of carbonyl (C=O) groups is 2. The Kier molecular flexibility index (Phi) is 3.23. The number of carbonyl (C=O) groups excluding carboxylic acids is 2. The van der Waals surface area contributed by atoms with E-state index < -0.39 is 5.54 Å². The summed E-state index contributed by atoms with van der Waals surface area (Å²) in [4.78, 5) is 30.4. The number of aryl methyl sites for hydroxylation is 1. The van der Waals surface area contributed by atoms with Gasteiger partial charge in [0.2, 0.25) is 11.8 Å². The highest BCUT2D eigenvalue weighted by molar-refractivity contribution is 5.98. The summed E-state index contributed by atoms with van der Waals surface area (Å²) < 4.78 is 2.00. The maximum Gasteiger partial charge on any atom is 0.248 e. The zero-order chi connectivity index (χ0) is 14.2. The molecule has 6 nitrogen and oxygen atoms in total. The van der Waals surface area contributed by atoms with Crippen LogP contribution in [0, 0.1) is 6.92 Å². The van der Waals surface area contributed by atoms with Crippen molar-refractivity contribution in [3.63, 3.8) is 0 Å². The number of hydrogen-bond acceptors (Lipinski definition) is 3. The lowest BCUT2D eigenvalue weighted by Crippen LogP contribution is -2.65. The third kappa shape index (κ3) is 2.19. The zero-order valence-corrected chi connectivity index (χ0v) is 11.8. The Morgan fingerprint density at radius 3 is 2.70 bits per heavy atom. The van der Waals surface area contributed by atoms with Crippen molar-refractivity contribution < 1.29 is 9.59 Å². The molecule has 2 amide bonds. The second-order valence-corrected chi connectivity index (χ2v) is 5.73. The van der Waals surface area contributed by atoms with Crippen molar-refractivity contribution in [1.29, 1.82) is 0 Å². The van der Waals surface area contributed by atoms with Crippen LogP contribution in [-0.4, -0.2) is 44.9 Å². The highest BCUT2D eigenvalue weighted by Gasteiger charge is 2.47. The van der Waals surface area contributed by atoms with Gasteiger partial charge >= 0.3 is 0 Å². The molecular formula is C14H20N4O2. The number of amides is 2. The summed E-state index contributed by atoms with van der Waals surface area (Å²) in [7, 11) is 0. The van der Waals surface area contributed by atoms with E-state index in [9.17, 15) is 9.59 Å². The van der Waals surface area contributed by atoms with Crippen LogP contribution in [0.3, 0.4) is 0 Å². The Labute approximate surface area is 118 Å². The Balaban J connectivity index is 1.70. The monoisotopic (exact) mass is 276 g/mol. The average Bonchev–Trinajstić information content (AvgIpc) is 3.03. The molecule has 2 heterocycles. The van der Waals surface area contributed by atoms with E-state index in [-0.39, 0.29) is 18.4 Å². The van der Waals surface area contributed by atoms with E-state index in [4.69, 9.17) is 0 Å². The minimum absolute atomic E-state index is 0.0335. The molecule has 0 aromatic carbocycles.